The van der Waals surface area contributed by atoms with E-state index >= 15 is 0 Å². The molecule has 30 heavy (non-hydrogen) atoms. The van der Waals surface area contributed by atoms with Crippen LogP contribution in [0.5, 0.6) is 5.75 Å². The van der Waals surface area contributed by atoms with Crippen molar-refractivity contribution >= 4 is 17.6 Å². The highest BCUT2D eigenvalue weighted by Crippen LogP contribution is 2.46. The number of carboxylic acids is 1. The third kappa shape index (κ3) is 4.72. The number of rotatable bonds is 8. The van der Waals surface area contributed by atoms with E-state index in [4.69, 9.17) is 9.84 Å². The number of aliphatic hydroxyl groups is 1. The monoisotopic (exact) mass is 418 g/mol. The first-order valence-electron chi connectivity index (χ1n) is 10.9. The van der Waals surface area contributed by atoms with Gasteiger partial charge in [-0.25, -0.2) is 0 Å². The van der Waals surface area contributed by atoms with Gasteiger partial charge in [0.15, 0.2) is 0 Å². The van der Waals surface area contributed by atoms with Crippen LogP contribution in [0.2, 0.25) is 0 Å². The predicted molar refractivity (Wildman–Crippen MR) is 115 cm³/mol. The Kier molecular flexibility index (Phi) is 6.91. The summed E-state index contributed by atoms with van der Waals surface area (Å²) in [6, 6.07) is 6.49. The highest BCUT2D eigenvalue weighted by molar-refractivity contribution is 5.81. The molecule has 1 aliphatic carbocycles. The number of ether oxygens (including phenoxy) is 1. The number of aliphatic carboxylic acids is 1. The van der Waals surface area contributed by atoms with Gasteiger partial charge in [-0.1, -0.05) is 25.8 Å². The molecule has 3 N–H and O–H groups in total. The average Bonchev–Trinajstić information content (AvgIpc) is 3.34. The van der Waals surface area contributed by atoms with E-state index in [0.717, 1.165) is 29.8 Å². The van der Waals surface area contributed by atoms with Crippen LogP contribution >= 0.6 is 0 Å². The number of anilines is 1. The van der Waals surface area contributed by atoms with E-state index in [1.54, 1.807) is 18.9 Å². The molecule has 3 rings (SSSR count). The van der Waals surface area contributed by atoms with Gasteiger partial charge < -0.3 is 25.2 Å². The van der Waals surface area contributed by atoms with Crippen LogP contribution < -0.4 is 10.1 Å². The smallest absolute Gasteiger partial charge is 0.303 e. The van der Waals surface area contributed by atoms with Gasteiger partial charge in [0.1, 0.15) is 5.75 Å². The zero-order chi connectivity index (χ0) is 21.9. The van der Waals surface area contributed by atoms with Gasteiger partial charge >= 0.3 is 5.97 Å². The summed E-state index contributed by atoms with van der Waals surface area (Å²) in [5, 5.41) is 23.1. The molecule has 3 atom stereocenters. The van der Waals surface area contributed by atoms with Crippen molar-refractivity contribution in [2.75, 3.05) is 25.5 Å². The minimum atomic E-state index is -0.977. The Labute approximate surface area is 178 Å². The average molecular weight is 419 g/mol. The maximum atomic E-state index is 12.6. The quantitative estimate of drug-likeness (QED) is 0.599. The van der Waals surface area contributed by atoms with Gasteiger partial charge in [0, 0.05) is 36.9 Å². The number of aliphatic hydroxyl groups excluding tert-OH is 1. The molecule has 1 aliphatic heterocycles. The van der Waals surface area contributed by atoms with Gasteiger partial charge in [0.25, 0.3) is 0 Å². The molecule has 2 aliphatic rings. The topological polar surface area (TPSA) is 99.1 Å². The summed E-state index contributed by atoms with van der Waals surface area (Å²) in [7, 11) is 1.66. The summed E-state index contributed by atoms with van der Waals surface area (Å²) in [5.41, 5.74) is 1.48. The number of benzene rings is 1. The van der Waals surface area contributed by atoms with Gasteiger partial charge in [-0.2, -0.15) is 0 Å². The molecule has 1 saturated carbocycles. The van der Waals surface area contributed by atoms with Crippen molar-refractivity contribution in [1.29, 1.82) is 0 Å². The van der Waals surface area contributed by atoms with Crippen molar-refractivity contribution in [2.45, 2.75) is 70.4 Å². The third-order valence-electron chi connectivity index (χ3n) is 6.93. The second kappa shape index (κ2) is 9.25. The number of carbonyl (C=O) groups excluding carboxylic acids is 1. The summed E-state index contributed by atoms with van der Waals surface area (Å²) < 4.78 is 5.55. The number of methoxy groups -OCH3 is 1. The Hall–Kier alpha value is -2.28. The first-order valence-corrected chi connectivity index (χ1v) is 10.9. The number of nitrogens with one attached hydrogen (secondary N) is 1. The lowest BCUT2D eigenvalue weighted by atomic mass is 9.72. The summed E-state index contributed by atoms with van der Waals surface area (Å²) in [4.78, 5) is 25.1. The normalized spacial score (nSPS) is 25.3. The standard InChI is InChI=1S/C23H34N2O5/c1-15(26)23(2)14-25(21(27)10-11-22(28)29)13-18(23)16-8-9-20(30-3)19(12-16)24-17-6-4-5-7-17/h8-9,12,15,17-18,24,26H,4-7,10-11,13-14H2,1-3H3,(H,28,29)/t15-,18+,23+/m1/s1. The highest BCUT2D eigenvalue weighted by Gasteiger charge is 2.48. The third-order valence-corrected chi connectivity index (χ3v) is 6.93. The van der Waals surface area contributed by atoms with Crippen LogP contribution in [0.3, 0.4) is 0 Å². The number of hydrogen-bond acceptors (Lipinski definition) is 5. The van der Waals surface area contributed by atoms with Gasteiger partial charge in [-0.15, -0.1) is 0 Å². The van der Waals surface area contributed by atoms with Crippen LogP contribution in [0, 0.1) is 5.41 Å². The van der Waals surface area contributed by atoms with Gasteiger partial charge in [-0.05, 0) is 37.5 Å². The molecule has 1 saturated heterocycles. The van der Waals surface area contributed by atoms with E-state index in [2.05, 4.69) is 11.4 Å². The molecular weight excluding hydrogens is 384 g/mol. The molecule has 1 aromatic carbocycles. The SMILES string of the molecule is COc1ccc([C@@H]2CN(C(=O)CCC(=O)O)C[C@@]2(C)[C@@H](C)O)cc1NC1CCCC1. The Morgan fingerprint density at radius 1 is 1.30 bits per heavy atom. The maximum Gasteiger partial charge on any atom is 0.303 e. The second-order valence-corrected chi connectivity index (χ2v) is 8.99. The Morgan fingerprint density at radius 2 is 2.00 bits per heavy atom. The largest absolute Gasteiger partial charge is 0.495 e. The molecule has 0 aromatic heterocycles. The summed E-state index contributed by atoms with van der Waals surface area (Å²) >= 11 is 0. The minimum absolute atomic E-state index is 0.0188. The van der Waals surface area contributed by atoms with E-state index < -0.39 is 17.5 Å². The van der Waals surface area contributed by atoms with Crippen molar-refractivity contribution < 1.29 is 24.5 Å². The maximum absolute atomic E-state index is 12.6. The number of hydrogen-bond donors (Lipinski definition) is 3. The molecule has 0 unspecified atom stereocenters. The van der Waals surface area contributed by atoms with Crippen LogP contribution in [-0.4, -0.2) is 59.3 Å². The molecule has 0 bridgehead atoms. The molecule has 1 amide bonds. The van der Waals surface area contributed by atoms with Crippen molar-refractivity contribution in [2.24, 2.45) is 5.41 Å². The van der Waals surface area contributed by atoms with Crippen LogP contribution in [0.25, 0.3) is 0 Å². The Balaban J connectivity index is 1.85. The van der Waals surface area contributed by atoms with E-state index in [1.165, 1.54) is 12.8 Å². The van der Waals surface area contributed by atoms with Crippen LogP contribution in [0.15, 0.2) is 18.2 Å². The Morgan fingerprint density at radius 3 is 2.60 bits per heavy atom. The zero-order valence-electron chi connectivity index (χ0n) is 18.2. The summed E-state index contributed by atoms with van der Waals surface area (Å²) in [5.74, 6) is -0.419. The van der Waals surface area contributed by atoms with E-state index in [1.807, 2.05) is 19.1 Å². The fraction of sp³-hybridized carbons (Fsp3) is 0.652. The number of likely N-dealkylation sites (tertiary alicyclic amines) is 1. The van der Waals surface area contributed by atoms with Gasteiger partial charge in [0.05, 0.1) is 25.3 Å². The first-order chi connectivity index (χ1) is 14.2. The summed E-state index contributed by atoms with van der Waals surface area (Å²) in [6.07, 6.45) is 3.94. The molecule has 1 aromatic rings. The van der Waals surface area contributed by atoms with Crippen molar-refractivity contribution in [3.05, 3.63) is 23.8 Å². The van der Waals surface area contributed by atoms with E-state index in [-0.39, 0.29) is 24.7 Å². The van der Waals surface area contributed by atoms with Crippen molar-refractivity contribution in [3.63, 3.8) is 0 Å². The summed E-state index contributed by atoms with van der Waals surface area (Å²) in [6.45, 7) is 4.64. The van der Waals surface area contributed by atoms with Crippen molar-refractivity contribution in [3.8, 4) is 5.75 Å². The second-order valence-electron chi connectivity index (χ2n) is 8.99. The highest BCUT2D eigenvalue weighted by atomic mass is 16.5. The Bertz CT molecular complexity index is 775. The fourth-order valence-electron chi connectivity index (χ4n) is 4.83. The lowest BCUT2D eigenvalue weighted by Crippen LogP contribution is -2.38. The first kappa shape index (κ1) is 22.4. The molecule has 7 nitrogen and oxygen atoms in total. The molecule has 166 valence electrons. The van der Waals surface area contributed by atoms with E-state index in [0.29, 0.717) is 19.1 Å². The molecular formula is C23H34N2O5. The van der Waals surface area contributed by atoms with Crippen molar-refractivity contribution in [1.82, 2.24) is 4.90 Å². The lowest BCUT2D eigenvalue weighted by molar-refractivity contribution is -0.140. The number of carbonyl (C=O) groups is 2. The predicted octanol–water partition coefficient (Wildman–Crippen LogP) is 3.23. The van der Waals surface area contributed by atoms with Gasteiger partial charge in [0.2, 0.25) is 5.91 Å². The lowest BCUT2D eigenvalue weighted by Gasteiger charge is -2.34. The molecule has 2 fully saturated rings. The number of nitrogens with zero attached hydrogens (tertiary/aromatic N) is 1. The molecule has 1 heterocycles. The van der Waals surface area contributed by atoms with Crippen LogP contribution in [-0.2, 0) is 9.59 Å². The van der Waals surface area contributed by atoms with E-state index in [9.17, 15) is 14.7 Å². The number of amides is 1. The molecule has 7 heteroatoms. The zero-order valence-corrected chi connectivity index (χ0v) is 18.2. The fourth-order valence-corrected chi connectivity index (χ4v) is 4.83. The van der Waals surface area contributed by atoms with Crippen LogP contribution in [0.4, 0.5) is 5.69 Å². The van der Waals surface area contributed by atoms with Gasteiger partial charge in [-0.3, -0.25) is 9.59 Å². The van der Waals surface area contributed by atoms with Crippen LogP contribution in [0.1, 0.15) is 63.9 Å². The number of carboxylic acid groups (broad SMARTS) is 1. The molecule has 0 spiro atoms. The minimum Gasteiger partial charge on any atom is -0.495 e. The molecule has 0 radical (unpaired) electrons.